The van der Waals surface area contributed by atoms with Crippen LogP contribution in [-0.2, 0) is 29.4 Å². The summed E-state index contributed by atoms with van der Waals surface area (Å²) in [7, 11) is -3.51. The number of benzene rings is 3. The summed E-state index contributed by atoms with van der Waals surface area (Å²) in [6.45, 7) is 4.60. The van der Waals surface area contributed by atoms with Gasteiger partial charge in [-0.2, -0.15) is 0 Å². The highest BCUT2D eigenvalue weighted by Crippen LogP contribution is 2.26. The average molecular weight is 493 g/mol. The van der Waals surface area contributed by atoms with E-state index in [1.807, 2.05) is 13.8 Å². The Morgan fingerprint density at radius 2 is 1.69 bits per heavy atom. The molecule has 0 aliphatic heterocycles. The molecule has 0 aromatic heterocycles. The van der Waals surface area contributed by atoms with Crippen molar-refractivity contribution in [1.82, 2.24) is 5.32 Å². The van der Waals surface area contributed by atoms with Gasteiger partial charge in [0, 0.05) is 5.56 Å². The van der Waals surface area contributed by atoms with Gasteiger partial charge in [-0.3, -0.25) is 9.10 Å². The van der Waals surface area contributed by atoms with Crippen LogP contribution in [-0.4, -0.2) is 27.2 Å². The molecule has 4 rings (SSSR count). The minimum atomic E-state index is -3.51. The number of ether oxygens (including phenoxy) is 1. The molecule has 0 saturated heterocycles. The number of rotatable bonds is 9. The number of anilines is 1. The molecule has 184 valence electrons. The monoisotopic (exact) mass is 492 g/mol. The van der Waals surface area contributed by atoms with Crippen LogP contribution >= 0.6 is 0 Å². The third-order valence-corrected chi connectivity index (χ3v) is 7.49. The molecule has 3 aromatic rings. The molecule has 3 aromatic carbocycles. The first kappa shape index (κ1) is 24.8. The molecule has 0 bridgehead atoms. The van der Waals surface area contributed by atoms with E-state index in [0.29, 0.717) is 23.6 Å². The lowest BCUT2D eigenvalue weighted by Gasteiger charge is -2.23. The van der Waals surface area contributed by atoms with Gasteiger partial charge in [-0.1, -0.05) is 30.3 Å². The molecule has 6 nitrogen and oxygen atoms in total. The van der Waals surface area contributed by atoms with Gasteiger partial charge in [-0.05, 0) is 91.8 Å². The van der Waals surface area contributed by atoms with Crippen LogP contribution in [0.1, 0.15) is 58.9 Å². The Hall–Kier alpha value is -3.32. The lowest BCUT2D eigenvalue weighted by atomic mass is 10.0. The van der Waals surface area contributed by atoms with E-state index < -0.39 is 10.0 Å². The molecular weight excluding hydrogens is 460 g/mol. The Balaban J connectivity index is 1.43. The first-order valence-corrected chi connectivity index (χ1v) is 13.8. The molecule has 1 amide bonds. The minimum absolute atomic E-state index is 0.103. The molecule has 0 radical (unpaired) electrons. The van der Waals surface area contributed by atoms with Crippen LogP contribution < -0.4 is 14.4 Å². The summed E-state index contributed by atoms with van der Waals surface area (Å²) in [6, 6.07) is 20.4. The molecule has 1 N–H and O–H groups in total. The molecule has 0 spiro atoms. The zero-order chi connectivity index (χ0) is 25.0. The van der Waals surface area contributed by atoms with Crippen molar-refractivity contribution in [2.45, 2.75) is 45.7 Å². The fraction of sp³-hybridized carbons (Fsp3) is 0.321. The number of hydrogen-bond acceptors (Lipinski definition) is 4. The molecule has 1 aliphatic rings. The molecule has 0 saturated carbocycles. The maximum Gasteiger partial charge on any atom is 0.251 e. The van der Waals surface area contributed by atoms with E-state index in [1.165, 1.54) is 28.1 Å². The van der Waals surface area contributed by atoms with Crippen molar-refractivity contribution in [3.63, 3.8) is 0 Å². The van der Waals surface area contributed by atoms with Crippen molar-refractivity contribution in [1.29, 1.82) is 0 Å². The Kier molecular flexibility index (Phi) is 7.45. The Labute approximate surface area is 208 Å². The molecule has 1 unspecified atom stereocenters. The van der Waals surface area contributed by atoms with Crippen molar-refractivity contribution in [2.75, 3.05) is 17.2 Å². The summed E-state index contributed by atoms with van der Waals surface area (Å²) >= 11 is 0. The van der Waals surface area contributed by atoms with Gasteiger partial charge in [0.05, 0.1) is 31.1 Å². The van der Waals surface area contributed by atoms with E-state index in [4.69, 9.17) is 4.74 Å². The number of carbonyl (C=O) groups excluding carboxylic acids is 1. The Morgan fingerprint density at radius 3 is 2.34 bits per heavy atom. The fourth-order valence-corrected chi connectivity index (χ4v) is 5.32. The number of sulfonamides is 1. The molecule has 0 fully saturated rings. The second-order valence-corrected chi connectivity index (χ2v) is 10.9. The third-order valence-electron chi connectivity index (χ3n) is 6.35. The van der Waals surface area contributed by atoms with E-state index in [2.05, 4.69) is 23.5 Å². The first-order valence-electron chi connectivity index (χ1n) is 12.0. The van der Waals surface area contributed by atoms with Gasteiger partial charge in [-0.25, -0.2) is 8.42 Å². The van der Waals surface area contributed by atoms with Gasteiger partial charge < -0.3 is 10.1 Å². The minimum Gasteiger partial charge on any atom is -0.494 e. The highest BCUT2D eigenvalue weighted by Gasteiger charge is 2.19. The predicted octanol–water partition coefficient (Wildman–Crippen LogP) is 5.03. The molecule has 0 heterocycles. The molecular formula is C28H32N2O4S. The van der Waals surface area contributed by atoms with Crippen LogP contribution in [0.15, 0.2) is 66.7 Å². The third kappa shape index (κ3) is 6.03. The van der Waals surface area contributed by atoms with Gasteiger partial charge in [0.25, 0.3) is 5.91 Å². The van der Waals surface area contributed by atoms with Gasteiger partial charge >= 0.3 is 0 Å². The van der Waals surface area contributed by atoms with Gasteiger partial charge in [0.2, 0.25) is 10.0 Å². The zero-order valence-corrected chi connectivity index (χ0v) is 21.3. The van der Waals surface area contributed by atoms with Gasteiger partial charge in [0.1, 0.15) is 5.75 Å². The van der Waals surface area contributed by atoms with Crippen LogP contribution in [0.2, 0.25) is 0 Å². The van der Waals surface area contributed by atoms with Crippen molar-refractivity contribution >= 4 is 21.6 Å². The number of amides is 1. The van der Waals surface area contributed by atoms with Crippen LogP contribution in [0.3, 0.4) is 0 Å². The van der Waals surface area contributed by atoms with E-state index in [0.717, 1.165) is 24.0 Å². The van der Waals surface area contributed by atoms with E-state index in [9.17, 15) is 13.2 Å². The largest absolute Gasteiger partial charge is 0.494 e. The van der Waals surface area contributed by atoms with Crippen molar-refractivity contribution < 1.29 is 17.9 Å². The second-order valence-electron chi connectivity index (χ2n) is 8.97. The van der Waals surface area contributed by atoms with Crippen LogP contribution in [0, 0.1) is 0 Å². The van der Waals surface area contributed by atoms with Crippen LogP contribution in [0.5, 0.6) is 5.75 Å². The van der Waals surface area contributed by atoms with Crippen LogP contribution in [0.4, 0.5) is 5.69 Å². The SMILES string of the molecule is CCOc1ccc(N(Cc2ccc(C(=O)NC(C)c3ccc4c(c3)CCC4)cc2)S(C)(=O)=O)cc1. The topological polar surface area (TPSA) is 75.7 Å². The Morgan fingerprint density at radius 1 is 1.00 bits per heavy atom. The smallest absolute Gasteiger partial charge is 0.251 e. The zero-order valence-electron chi connectivity index (χ0n) is 20.5. The summed E-state index contributed by atoms with van der Waals surface area (Å²) in [5.74, 6) is 0.533. The molecule has 35 heavy (non-hydrogen) atoms. The van der Waals surface area contributed by atoms with Crippen molar-refractivity contribution in [2.24, 2.45) is 0 Å². The predicted molar refractivity (Wildman–Crippen MR) is 139 cm³/mol. The summed E-state index contributed by atoms with van der Waals surface area (Å²) in [6.07, 6.45) is 4.62. The van der Waals surface area contributed by atoms with Gasteiger partial charge in [0.15, 0.2) is 0 Å². The van der Waals surface area contributed by atoms with Gasteiger partial charge in [-0.15, -0.1) is 0 Å². The van der Waals surface area contributed by atoms with E-state index in [1.54, 1.807) is 48.5 Å². The summed E-state index contributed by atoms with van der Waals surface area (Å²) in [5.41, 5.74) is 5.78. The highest BCUT2D eigenvalue weighted by atomic mass is 32.2. The van der Waals surface area contributed by atoms with Crippen molar-refractivity contribution in [3.05, 3.63) is 94.5 Å². The van der Waals surface area contributed by atoms with E-state index in [-0.39, 0.29) is 18.5 Å². The number of nitrogens with one attached hydrogen (secondary N) is 1. The molecule has 7 heteroatoms. The standard InChI is InChI=1S/C28H32N2O4S/c1-4-34-27-16-14-26(15-17-27)30(35(3,32)33)19-21-8-10-23(11-9-21)28(31)29-20(2)24-13-12-22-6-5-7-25(22)18-24/h8-18,20H,4-7,19H2,1-3H3,(H,29,31). The number of hydrogen-bond donors (Lipinski definition) is 1. The lowest BCUT2D eigenvalue weighted by Crippen LogP contribution is -2.29. The fourth-order valence-electron chi connectivity index (χ4n) is 4.43. The lowest BCUT2D eigenvalue weighted by molar-refractivity contribution is 0.0940. The number of fused-ring (bicyclic) bond motifs is 1. The quantitative estimate of drug-likeness (QED) is 0.455. The summed E-state index contributed by atoms with van der Waals surface area (Å²) in [5, 5.41) is 3.07. The number of carbonyl (C=O) groups is 1. The highest BCUT2D eigenvalue weighted by molar-refractivity contribution is 7.92. The maximum atomic E-state index is 12.8. The van der Waals surface area contributed by atoms with E-state index >= 15 is 0 Å². The number of nitrogens with zero attached hydrogens (tertiary/aromatic N) is 1. The normalized spacial score (nSPS) is 13.7. The first-order chi connectivity index (χ1) is 16.7. The second kappa shape index (κ2) is 10.5. The van der Waals surface area contributed by atoms with Crippen molar-refractivity contribution in [3.8, 4) is 5.75 Å². The average Bonchev–Trinajstić information content (AvgIpc) is 3.31. The maximum absolute atomic E-state index is 12.8. The summed E-state index contributed by atoms with van der Waals surface area (Å²) < 4.78 is 31.7. The number of aryl methyl sites for hydroxylation is 2. The van der Waals surface area contributed by atoms with Crippen LogP contribution in [0.25, 0.3) is 0 Å². The summed E-state index contributed by atoms with van der Waals surface area (Å²) in [4.78, 5) is 12.8. The Bertz CT molecular complexity index is 1290. The molecule has 1 aliphatic carbocycles. The molecule has 1 atom stereocenters.